The molecule has 0 unspecified atom stereocenters. The van der Waals surface area contributed by atoms with Crippen LogP contribution in [0.4, 0.5) is 0 Å². The molecule has 0 radical (unpaired) electrons. The Labute approximate surface area is 114 Å². The van der Waals surface area contributed by atoms with E-state index in [9.17, 15) is 14.7 Å². The van der Waals surface area contributed by atoms with E-state index in [1.165, 1.54) is 0 Å². The Morgan fingerprint density at radius 3 is 1.62 bits per heavy atom. The summed E-state index contributed by atoms with van der Waals surface area (Å²) in [5.74, 6) is -2.44. The van der Waals surface area contributed by atoms with E-state index in [0.717, 1.165) is 0 Å². The van der Waals surface area contributed by atoms with Crippen LogP contribution in [-0.4, -0.2) is 28.4 Å². The Balaban J connectivity index is -0.000000173. The zero-order valence-corrected chi connectivity index (χ0v) is 12.2. The largest absolute Gasteiger partial charge is 1.00 e. The van der Waals surface area contributed by atoms with Gasteiger partial charge in [0.25, 0.3) is 0 Å². The summed E-state index contributed by atoms with van der Waals surface area (Å²) < 4.78 is 0. The summed E-state index contributed by atoms with van der Waals surface area (Å²) in [4.78, 5) is 19.1. The van der Waals surface area contributed by atoms with Crippen LogP contribution in [0.25, 0.3) is 0 Å². The van der Waals surface area contributed by atoms with Crippen LogP contribution < -0.4 is 34.7 Å². The molecule has 0 amide bonds. The number of hydrogen-bond donors (Lipinski definition) is 1. The third-order valence-corrected chi connectivity index (χ3v) is 0.543. The first kappa shape index (κ1) is 19.8. The minimum Gasteiger partial charge on any atom is -0.550 e. The number of carbonyl (C=O) groups is 2. The van der Waals surface area contributed by atoms with Gasteiger partial charge in [0, 0.05) is 5.97 Å². The van der Waals surface area contributed by atoms with Crippen molar-refractivity contribution in [2.75, 3.05) is 0 Å². The maximum Gasteiger partial charge on any atom is 1.00 e. The standard InChI is InChI=1S/C4H6O4.Al.3ClH.Na/c5-3(6)1-2-4(7)8;;;;;/h1-2H2,(H,5,6)(H,7,8);;3*1H;/q;+3;;;;+1/p-4. The minimum atomic E-state index is -1.72. The smallest absolute Gasteiger partial charge is 0.550 e. The fourth-order valence-electron chi connectivity index (χ4n) is 0.209. The second-order valence-corrected chi connectivity index (χ2v) is 7.95. The second-order valence-electron chi connectivity index (χ2n) is 1.51. The van der Waals surface area contributed by atoms with E-state index in [1.54, 1.807) is 0 Å². The third kappa shape index (κ3) is 42.7. The van der Waals surface area contributed by atoms with Crippen molar-refractivity contribution in [2.45, 2.75) is 12.8 Å². The van der Waals surface area contributed by atoms with E-state index in [-0.39, 0.29) is 36.0 Å². The molecular weight excluding hydrogens is 268 g/mol. The zero-order valence-electron chi connectivity index (χ0n) is 6.80. The molecule has 4 nitrogen and oxygen atoms in total. The fraction of sp³-hybridized carbons (Fsp3) is 0.500. The Kier molecular flexibility index (Phi) is 20.4. The summed E-state index contributed by atoms with van der Waals surface area (Å²) in [6, 6.07) is 0. The van der Waals surface area contributed by atoms with Gasteiger partial charge in [0.05, 0.1) is 6.42 Å². The predicted octanol–water partition coefficient (Wildman–Crippen LogP) is -2.71. The normalized spacial score (nSPS) is 7.31. The van der Waals surface area contributed by atoms with Crippen molar-refractivity contribution in [1.82, 2.24) is 0 Å². The summed E-state index contributed by atoms with van der Waals surface area (Å²) in [6.45, 7) is 0. The molecule has 0 atom stereocenters. The maximum absolute atomic E-state index is 9.61. The van der Waals surface area contributed by atoms with Crippen molar-refractivity contribution < 1.29 is 49.4 Å². The van der Waals surface area contributed by atoms with E-state index in [0.29, 0.717) is 0 Å². The maximum atomic E-state index is 9.61. The van der Waals surface area contributed by atoms with Crippen molar-refractivity contribution in [3.8, 4) is 0 Å². The predicted molar refractivity (Wildman–Crippen MR) is 45.2 cm³/mol. The van der Waals surface area contributed by atoms with Crippen molar-refractivity contribution in [3.63, 3.8) is 0 Å². The molecule has 0 aromatic heterocycles. The van der Waals surface area contributed by atoms with Crippen LogP contribution in [0.2, 0.25) is 0 Å². The van der Waals surface area contributed by atoms with Gasteiger partial charge in [-0.15, -0.1) is 0 Å². The number of carboxylic acids is 2. The first-order chi connectivity index (χ1) is 5.36. The quantitative estimate of drug-likeness (QED) is 0.567. The van der Waals surface area contributed by atoms with Crippen molar-refractivity contribution in [2.24, 2.45) is 0 Å². The molecule has 0 saturated carbocycles. The SMILES string of the molecule is O=C([O-])CCC(=O)O.[Cl][Al]([Cl])[Cl].[Na+]. The molecule has 0 fully saturated rings. The average molecular weight is 273 g/mol. The molecule has 0 spiro atoms. The molecule has 0 aromatic carbocycles. The molecule has 0 heterocycles. The molecule has 13 heavy (non-hydrogen) atoms. The molecule has 0 bridgehead atoms. The summed E-state index contributed by atoms with van der Waals surface area (Å²) in [6.07, 6.45) is -0.766. The first-order valence-electron chi connectivity index (χ1n) is 2.70. The number of halogens is 3. The third-order valence-electron chi connectivity index (χ3n) is 0.543. The van der Waals surface area contributed by atoms with Crippen LogP contribution in [0.15, 0.2) is 0 Å². The molecular formula is C4H5AlCl3NaO4. The van der Waals surface area contributed by atoms with Gasteiger partial charge in [-0.25, -0.2) is 30.1 Å². The summed E-state index contributed by atoms with van der Waals surface area (Å²) in [5, 5.41) is 17.4. The van der Waals surface area contributed by atoms with Gasteiger partial charge in [0.1, 0.15) is 0 Å². The summed E-state index contributed by atoms with van der Waals surface area (Å²) >= 11 is -1.72. The van der Waals surface area contributed by atoms with Crippen LogP contribution in [-0.2, 0) is 9.59 Å². The van der Waals surface area contributed by atoms with Gasteiger partial charge in [0.15, 0.2) is 0 Å². The van der Waals surface area contributed by atoms with Gasteiger partial charge in [-0.1, -0.05) is 0 Å². The number of carbonyl (C=O) groups excluding carboxylic acids is 1. The number of hydrogen-bond acceptors (Lipinski definition) is 3. The van der Waals surface area contributed by atoms with Gasteiger partial charge in [-0.05, 0) is 6.42 Å². The van der Waals surface area contributed by atoms with E-state index < -0.39 is 29.7 Å². The molecule has 0 rings (SSSR count). The zero-order chi connectivity index (χ0) is 10.1. The first-order valence-corrected chi connectivity index (χ1v) is 7.93. The fourth-order valence-corrected chi connectivity index (χ4v) is 0.209. The van der Waals surface area contributed by atoms with Crippen LogP contribution in [0, 0.1) is 0 Å². The molecule has 0 aliphatic heterocycles. The summed E-state index contributed by atoms with van der Waals surface area (Å²) in [5.41, 5.74) is 0. The minimum absolute atomic E-state index is 0. The van der Waals surface area contributed by atoms with Crippen LogP contribution in [0.5, 0.6) is 0 Å². The second kappa shape index (κ2) is 13.3. The van der Waals surface area contributed by atoms with E-state index in [2.05, 4.69) is 0 Å². The number of carboxylic acid groups (broad SMARTS) is 2. The van der Waals surface area contributed by atoms with Crippen LogP contribution in [0.3, 0.4) is 0 Å². The molecule has 1 N–H and O–H groups in total. The Morgan fingerprint density at radius 2 is 1.54 bits per heavy atom. The van der Waals surface area contributed by atoms with E-state index in [1.807, 2.05) is 0 Å². The van der Waals surface area contributed by atoms with E-state index >= 15 is 0 Å². The number of aliphatic carboxylic acids is 2. The van der Waals surface area contributed by atoms with E-state index in [4.69, 9.17) is 35.3 Å². The molecule has 0 aliphatic carbocycles. The van der Waals surface area contributed by atoms with Crippen LogP contribution >= 0.6 is 30.1 Å². The molecule has 9 heteroatoms. The summed E-state index contributed by atoms with van der Waals surface area (Å²) in [7, 11) is 14.8. The molecule has 0 saturated heterocycles. The van der Waals surface area contributed by atoms with Crippen molar-refractivity contribution >= 4 is 53.5 Å². The monoisotopic (exact) mass is 272 g/mol. The van der Waals surface area contributed by atoms with Crippen LogP contribution in [0.1, 0.15) is 12.8 Å². The van der Waals surface area contributed by atoms with Gasteiger partial charge < -0.3 is 15.0 Å². The van der Waals surface area contributed by atoms with Gasteiger partial charge in [-0.3, -0.25) is 4.79 Å². The number of rotatable bonds is 3. The Bertz CT molecular complexity index is 140. The van der Waals surface area contributed by atoms with Gasteiger partial charge in [-0.2, -0.15) is 0 Å². The Hall–Kier alpha value is 1.34. The average Bonchev–Trinajstić information content (AvgIpc) is 1.82. The molecule has 0 aromatic rings. The van der Waals surface area contributed by atoms with Crippen molar-refractivity contribution in [1.29, 1.82) is 0 Å². The molecule has 0 aliphatic rings. The van der Waals surface area contributed by atoms with Crippen molar-refractivity contribution in [3.05, 3.63) is 0 Å². The Morgan fingerprint density at radius 1 is 1.23 bits per heavy atom. The molecule has 70 valence electrons. The van der Waals surface area contributed by atoms with Gasteiger partial charge >= 0.3 is 46.9 Å². The van der Waals surface area contributed by atoms with Gasteiger partial charge in [0.2, 0.25) is 0 Å². The topological polar surface area (TPSA) is 77.4 Å².